The lowest BCUT2D eigenvalue weighted by Gasteiger charge is -2.12. The molecular weight excluding hydrogens is 366 g/mol. The van der Waals surface area contributed by atoms with Gasteiger partial charge < -0.3 is 20.1 Å². The first-order valence-corrected chi connectivity index (χ1v) is 8.73. The fourth-order valence-electron chi connectivity index (χ4n) is 2.08. The molecule has 0 unspecified atom stereocenters. The predicted octanol–water partition coefficient (Wildman–Crippen LogP) is 1.99. The Balaban J connectivity index is 2.45. The first-order chi connectivity index (χ1) is 12.2. The minimum absolute atomic E-state index is 0.00896. The molecule has 0 aliphatic heterocycles. The maximum atomic E-state index is 12.5. The highest BCUT2D eigenvalue weighted by atomic mass is 32.2. The van der Waals surface area contributed by atoms with Gasteiger partial charge in [0.25, 0.3) is 10.0 Å². The smallest absolute Gasteiger partial charge is 0.339 e. The van der Waals surface area contributed by atoms with Crippen molar-refractivity contribution in [2.45, 2.75) is 11.8 Å². The molecule has 0 amide bonds. The number of carboxylic acid groups (broad SMARTS) is 2. The topological polar surface area (TPSA) is 150 Å². The van der Waals surface area contributed by atoms with Crippen LogP contribution in [0.15, 0.2) is 41.3 Å². The van der Waals surface area contributed by atoms with Gasteiger partial charge in [0.1, 0.15) is 17.1 Å². The van der Waals surface area contributed by atoms with Crippen molar-refractivity contribution in [3.63, 3.8) is 0 Å². The quantitative estimate of drug-likeness (QED) is 0.532. The van der Waals surface area contributed by atoms with Crippen LogP contribution in [0, 0.1) is 0 Å². The van der Waals surface area contributed by atoms with Crippen LogP contribution in [0.25, 0.3) is 0 Å². The fraction of sp³-hybridized carbons (Fsp3) is 0.125. The van der Waals surface area contributed by atoms with Gasteiger partial charge in [0.05, 0.1) is 22.8 Å². The zero-order valence-electron chi connectivity index (χ0n) is 13.5. The summed E-state index contributed by atoms with van der Waals surface area (Å²) in [4.78, 5) is 21.9. The summed E-state index contributed by atoms with van der Waals surface area (Å²) in [6.45, 7) is 1.84. The number of carboxylic acids is 2. The number of benzene rings is 2. The van der Waals surface area contributed by atoms with Crippen LogP contribution in [0.1, 0.15) is 27.6 Å². The molecule has 0 fully saturated rings. The van der Waals surface area contributed by atoms with Crippen molar-refractivity contribution >= 4 is 27.6 Å². The highest BCUT2D eigenvalue weighted by Crippen LogP contribution is 2.29. The van der Waals surface area contributed by atoms with Crippen molar-refractivity contribution in [3.05, 3.63) is 47.5 Å². The molecule has 0 saturated carbocycles. The number of aromatic carboxylic acids is 2. The molecule has 0 aliphatic carbocycles. The van der Waals surface area contributed by atoms with E-state index in [4.69, 9.17) is 9.84 Å². The van der Waals surface area contributed by atoms with Crippen molar-refractivity contribution < 1.29 is 38.1 Å². The SMILES string of the molecule is CCOc1ccc(S(=O)(=O)Nc2cc(C(=O)O)ccc2O)cc1C(=O)O. The first-order valence-electron chi connectivity index (χ1n) is 7.25. The number of sulfonamides is 1. The predicted molar refractivity (Wildman–Crippen MR) is 90.4 cm³/mol. The molecule has 10 heteroatoms. The van der Waals surface area contributed by atoms with Gasteiger partial charge in [-0.25, -0.2) is 18.0 Å². The van der Waals surface area contributed by atoms with Crippen LogP contribution in [0.5, 0.6) is 11.5 Å². The third kappa shape index (κ3) is 4.03. The van der Waals surface area contributed by atoms with Gasteiger partial charge in [0.2, 0.25) is 0 Å². The second-order valence-corrected chi connectivity index (χ2v) is 6.72. The number of nitrogens with one attached hydrogen (secondary N) is 1. The molecule has 9 nitrogen and oxygen atoms in total. The van der Waals surface area contributed by atoms with Gasteiger partial charge in [-0.3, -0.25) is 4.72 Å². The monoisotopic (exact) mass is 381 g/mol. The van der Waals surface area contributed by atoms with Crippen molar-refractivity contribution in [2.24, 2.45) is 0 Å². The minimum Gasteiger partial charge on any atom is -0.506 e. The molecule has 0 radical (unpaired) electrons. The molecule has 2 aromatic carbocycles. The van der Waals surface area contributed by atoms with Gasteiger partial charge in [0.15, 0.2) is 0 Å². The second kappa shape index (κ2) is 7.31. The zero-order chi connectivity index (χ0) is 19.5. The molecule has 26 heavy (non-hydrogen) atoms. The van der Waals surface area contributed by atoms with E-state index < -0.39 is 32.6 Å². The van der Waals surface area contributed by atoms with Crippen molar-refractivity contribution in [3.8, 4) is 11.5 Å². The number of aromatic hydroxyl groups is 1. The number of carbonyl (C=O) groups is 2. The van der Waals surface area contributed by atoms with E-state index in [0.29, 0.717) is 0 Å². The van der Waals surface area contributed by atoms with E-state index in [2.05, 4.69) is 0 Å². The van der Waals surface area contributed by atoms with Gasteiger partial charge >= 0.3 is 11.9 Å². The van der Waals surface area contributed by atoms with E-state index >= 15 is 0 Å². The summed E-state index contributed by atoms with van der Waals surface area (Å²) in [6, 6.07) is 6.33. The van der Waals surface area contributed by atoms with Crippen LogP contribution in [0.3, 0.4) is 0 Å². The van der Waals surface area contributed by atoms with E-state index in [1.807, 2.05) is 4.72 Å². The summed E-state index contributed by atoms with van der Waals surface area (Å²) < 4.78 is 32.1. The molecule has 0 aliphatic rings. The molecule has 0 saturated heterocycles. The number of phenols is 1. The largest absolute Gasteiger partial charge is 0.506 e. The summed E-state index contributed by atoms with van der Waals surface area (Å²) in [5.74, 6) is -3.15. The number of ether oxygens (including phenoxy) is 1. The third-order valence-corrected chi connectivity index (χ3v) is 4.64. The van der Waals surface area contributed by atoms with Gasteiger partial charge in [-0.1, -0.05) is 0 Å². The van der Waals surface area contributed by atoms with Crippen molar-refractivity contribution in [2.75, 3.05) is 11.3 Å². The van der Waals surface area contributed by atoms with Gasteiger partial charge in [-0.15, -0.1) is 0 Å². The Morgan fingerprint density at radius 3 is 2.35 bits per heavy atom. The normalized spacial score (nSPS) is 11.0. The molecular formula is C16H15NO8S. The number of phenolic OH excluding ortho intramolecular Hbond substituents is 1. The molecule has 0 bridgehead atoms. The molecule has 2 rings (SSSR count). The Morgan fingerprint density at radius 2 is 1.77 bits per heavy atom. The summed E-state index contributed by atoms with van der Waals surface area (Å²) >= 11 is 0. The Morgan fingerprint density at radius 1 is 1.08 bits per heavy atom. The van der Waals surface area contributed by atoms with Crippen molar-refractivity contribution in [1.29, 1.82) is 0 Å². The Hall–Kier alpha value is -3.27. The van der Waals surface area contributed by atoms with Gasteiger partial charge in [-0.05, 0) is 43.3 Å². The van der Waals surface area contributed by atoms with E-state index in [1.165, 1.54) is 6.07 Å². The summed E-state index contributed by atoms with van der Waals surface area (Å²) in [5, 5.41) is 27.9. The maximum absolute atomic E-state index is 12.5. The van der Waals surface area contributed by atoms with Gasteiger partial charge in [0, 0.05) is 0 Å². The highest BCUT2D eigenvalue weighted by molar-refractivity contribution is 7.92. The Bertz CT molecular complexity index is 968. The molecule has 2 aromatic rings. The summed E-state index contributed by atoms with van der Waals surface area (Å²) in [5.41, 5.74) is -0.938. The molecule has 138 valence electrons. The number of hydrogen-bond donors (Lipinski definition) is 4. The lowest BCUT2D eigenvalue weighted by atomic mass is 10.2. The van der Waals surface area contributed by atoms with Gasteiger partial charge in [-0.2, -0.15) is 0 Å². The van der Waals surface area contributed by atoms with Crippen LogP contribution in [-0.2, 0) is 10.0 Å². The van der Waals surface area contributed by atoms with E-state index in [0.717, 1.165) is 30.3 Å². The lowest BCUT2D eigenvalue weighted by Crippen LogP contribution is -2.15. The molecule has 0 spiro atoms. The molecule has 0 heterocycles. The summed E-state index contributed by atoms with van der Waals surface area (Å²) in [6.07, 6.45) is 0. The second-order valence-electron chi connectivity index (χ2n) is 5.04. The lowest BCUT2D eigenvalue weighted by molar-refractivity contribution is 0.0683. The minimum atomic E-state index is -4.29. The average Bonchev–Trinajstić information content (AvgIpc) is 2.56. The first kappa shape index (κ1) is 19.1. The van der Waals surface area contributed by atoms with Crippen LogP contribution in [-0.4, -0.2) is 42.3 Å². The standard InChI is InChI=1S/C16H15NO8S/c1-2-25-14-6-4-10(8-11(14)16(21)22)26(23,24)17-12-7-9(15(19)20)3-5-13(12)18/h3-8,17-18H,2H2,1H3,(H,19,20)(H,21,22). The van der Waals surface area contributed by atoms with Crippen molar-refractivity contribution in [1.82, 2.24) is 0 Å². The molecule has 0 atom stereocenters. The number of rotatable bonds is 7. The Labute approximate surface area is 148 Å². The fourth-order valence-corrected chi connectivity index (χ4v) is 3.17. The van der Waals surface area contributed by atoms with Crippen LogP contribution in [0.2, 0.25) is 0 Å². The maximum Gasteiger partial charge on any atom is 0.339 e. The average molecular weight is 381 g/mol. The van der Waals surface area contributed by atoms with E-state index in [1.54, 1.807) is 6.92 Å². The van der Waals surface area contributed by atoms with E-state index in [-0.39, 0.29) is 29.2 Å². The third-order valence-electron chi connectivity index (χ3n) is 3.28. The van der Waals surface area contributed by atoms with Crippen LogP contribution >= 0.6 is 0 Å². The number of anilines is 1. The van der Waals surface area contributed by atoms with Crippen LogP contribution < -0.4 is 9.46 Å². The highest BCUT2D eigenvalue weighted by Gasteiger charge is 2.21. The molecule has 4 N–H and O–H groups in total. The molecule has 0 aromatic heterocycles. The summed E-state index contributed by atoms with van der Waals surface area (Å²) in [7, 11) is -4.29. The van der Waals surface area contributed by atoms with Crippen LogP contribution in [0.4, 0.5) is 5.69 Å². The Kier molecular flexibility index (Phi) is 5.36. The number of hydrogen-bond acceptors (Lipinski definition) is 6. The zero-order valence-corrected chi connectivity index (χ0v) is 14.3. The van der Waals surface area contributed by atoms with E-state index in [9.17, 15) is 28.2 Å².